The summed E-state index contributed by atoms with van der Waals surface area (Å²) < 4.78 is 28.3. The summed E-state index contributed by atoms with van der Waals surface area (Å²) in [7, 11) is 0. The van der Waals surface area contributed by atoms with Crippen LogP contribution in [0.15, 0.2) is 22.6 Å². The van der Waals surface area contributed by atoms with E-state index in [0.29, 0.717) is 5.02 Å². The molecule has 2 nitrogen and oxygen atoms in total. The normalized spacial score (nSPS) is 14.4. The first-order valence-corrected chi connectivity index (χ1v) is 6.20. The average Bonchev–Trinajstić information content (AvgIpc) is 2.14. The van der Waals surface area contributed by atoms with Crippen molar-refractivity contribution in [3.63, 3.8) is 0 Å². The maximum absolute atomic E-state index is 13.3. The molecule has 1 unspecified atom stereocenters. The molecule has 1 aromatic rings. The van der Waals surface area contributed by atoms with Crippen molar-refractivity contribution in [2.45, 2.75) is 25.5 Å². The Morgan fingerprint density at radius 3 is 2.56 bits per heavy atom. The quantitative estimate of drug-likeness (QED) is 0.594. The van der Waals surface area contributed by atoms with Gasteiger partial charge in [-0.1, -0.05) is 16.0 Å². The molecule has 0 saturated carbocycles. The van der Waals surface area contributed by atoms with Gasteiger partial charge in [-0.05, 0) is 39.0 Å². The van der Waals surface area contributed by atoms with Crippen LogP contribution in [0.2, 0.25) is 5.02 Å². The van der Waals surface area contributed by atoms with E-state index in [1.54, 1.807) is 26.8 Å². The fourth-order valence-corrected chi connectivity index (χ4v) is 1.55. The Morgan fingerprint density at radius 2 is 2.06 bits per heavy atom. The minimum atomic E-state index is -1.38. The van der Waals surface area contributed by atoms with Crippen molar-refractivity contribution in [2.24, 2.45) is 4.40 Å². The van der Waals surface area contributed by atoms with Crippen molar-refractivity contribution in [2.75, 3.05) is 0 Å². The zero-order valence-corrected chi connectivity index (χ0v) is 10.9. The summed E-state index contributed by atoms with van der Waals surface area (Å²) in [5, 5.41) is 0.326. The Hall–Kier alpha value is -0.580. The van der Waals surface area contributed by atoms with Crippen molar-refractivity contribution < 1.29 is 8.94 Å². The molecule has 0 N–H and O–H groups in total. The molecule has 0 radical (unpaired) electrons. The van der Waals surface area contributed by atoms with Gasteiger partial charge in [0.15, 0.2) is 0 Å². The molecule has 0 saturated heterocycles. The van der Waals surface area contributed by atoms with E-state index in [2.05, 4.69) is 4.40 Å². The molecular weight excluding hydrogens is 249 g/mol. The lowest BCUT2D eigenvalue weighted by atomic mass is 10.2. The number of hydrogen-bond donors (Lipinski definition) is 0. The smallest absolute Gasteiger partial charge is 0.144 e. The molecule has 1 aromatic carbocycles. The molecule has 0 aliphatic heterocycles. The lowest BCUT2D eigenvalue weighted by Gasteiger charge is -2.17. The predicted molar refractivity (Wildman–Crippen MR) is 66.9 cm³/mol. The minimum Gasteiger partial charge on any atom is -0.591 e. The Kier molecular flexibility index (Phi) is 4.35. The molecular formula is C11H13ClFNOS. The summed E-state index contributed by atoms with van der Waals surface area (Å²) in [5.74, 6) is -0.470. The van der Waals surface area contributed by atoms with Crippen molar-refractivity contribution in [1.82, 2.24) is 0 Å². The molecule has 0 aliphatic carbocycles. The van der Waals surface area contributed by atoms with Gasteiger partial charge in [0.05, 0.1) is 6.21 Å². The van der Waals surface area contributed by atoms with Crippen LogP contribution in [-0.2, 0) is 11.4 Å². The van der Waals surface area contributed by atoms with E-state index in [-0.39, 0.29) is 5.56 Å². The van der Waals surface area contributed by atoms with Crippen LogP contribution in [0.25, 0.3) is 0 Å². The van der Waals surface area contributed by atoms with Crippen molar-refractivity contribution in [3.8, 4) is 0 Å². The summed E-state index contributed by atoms with van der Waals surface area (Å²) in [6.07, 6.45) is 1.27. The number of benzene rings is 1. The van der Waals surface area contributed by atoms with Gasteiger partial charge in [-0.3, -0.25) is 0 Å². The maximum Gasteiger partial charge on any atom is 0.144 e. The van der Waals surface area contributed by atoms with Gasteiger partial charge in [0, 0.05) is 10.6 Å². The summed E-state index contributed by atoms with van der Waals surface area (Å²) >= 11 is 4.23. The summed E-state index contributed by atoms with van der Waals surface area (Å²) in [4.78, 5) is 0. The lowest BCUT2D eigenvalue weighted by Crippen LogP contribution is -2.25. The largest absolute Gasteiger partial charge is 0.591 e. The van der Waals surface area contributed by atoms with Gasteiger partial charge < -0.3 is 4.55 Å². The zero-order chi connectivity index (χ0) is 12.3. The predicted octanol–water partition coefficient (Wildman–Crippen LogP) is 3.36. The van der Waals surface area contributed by atoms with E-state index in [1.165, 1.54) is 18.3 Å². The monoisotopic (exact) mass is 261 g/mol. The van der Waals surface area contributed by atoms with Crippen LogP contribution in [0.3, 0.4) is 0 Å². The molecule has 0 bridgehead atoms. The van der Waals surface area contributed by atoms with Crippen LogP contribution in [0, 0.1) is 5.82 Å². The van der Waals surface area contributed by atoms with Gasteiger partial charge in [0.1, 0.15) is 21.9 Å². The highest BCUT2D eigenvalue weighted by Crippen LogP contribution is 2.18. The first-order chi connectivity index (χ1) is 7.30. The molecule has 1 atom stereocenters. The lowest BCUT2D eigenvalue weighted by molar-refractivity contribution is 0.561. The Labute approximate surface area is 103 Å². The SMILES string of the molecule is CC(C)(C)[S+]([O-])/N=C/c1ccc(Cl)cc1F. The third-order valence-electron chi connectivity index (χ3n) is 1.77. The van der Waals surface area contributed by atoms with Crippen LogP contribution in [0.4, 0.5) is 4.39 Å². The molecule has 1 rings (SSSR count). The van der Waals surface area contributed by atoms with Crippen molar-refractivity contribution in [3.05, 3.63) is 34.6 Å². The molecule has 0 aromatic heterocycles. The highest BCUT2D eigenvalue weighted by Gasteiger charge is 2.25. The number of hydrogen-bond acceptors (Lipinski definition) is 2. The van der Waals surface area contributed by atoms with Crippen LogP contribution >= 0.6 is 11.6 Å². The molecule has 0 fully saturated rings. The summed E-state index contributed by atoms with van der Waals surface area (Å²) in [6, 6.07) is 4.26. The summed E-state index contributed by atoms with van der Waals surface area (Å²) in [5.41, 5.74) is 0.280. The highest BCUT2D eigenvalue weighted by molar-refractivity contribution is 7.91. The van der Waals surface area contributed by atoms with Crippen LogP contribution in [0.5, 0.6) is 0 Å². The highest BCUT2D eigenvalue weighted by atomic mass is 35.5. The molecule has 0 aliphatic rings. The summed E-state index contributed by atoms with van der Waals surface area (Å²) in [6.45, 7) is 5.41. The maximum atomic E-state index is 13.3. The zero-order valence-electron chi connectivity index (χ0n) is 9.33. The van der Waals surface area contributed by atoms with E-state index in [4.69, 9.17) is 11.6 Å². The van der Waals surface area contributed by atoms with Crippen LogP contribution in [0.1, 0.15) is 26.3 Å². The minimum absolute atomic E-state index is 0.280. The third-order valence-corrected chi connectivity index (χ3v) is 3.35. The van der Waals surface area contributed by atoms with E-state index < -0.39 is 21.9 Å². The van der Waals surface area contributed by atoms with Crippen molar-refractivity contribution >= 4 is 29.2 Å². The molecule has 88 valence electrons. The molecule has 0 spiro atoms. The second-order valence-electron chi connectivity index (χ2n) is 4.26. The Balaban J connectivity index is 2.85. The Morgan fingerprint density at radius 1 is 1.44 bits per heavy atom. The fraction of sp³-hybridized carbons (Fsp3) is 0.364. The number of nitrogens with zero attached hydrogens (tertiary/aromatic N) is 1. The second kappa shape index (κ2) is 5.17. The molecule has 0 amide bonds. The number of rotatable bonds is 2. The van der Waals surface area contributed by atoms with E-state index in [1.807, 2.05) is 0 Å². The fourth-order valence-electron chi connectivity index (χ4n) is 0.869. The first kappa shape index (κ1) is 13.5. The molecule has 5 heteroatoms. The van der Waals surface area contributed by atoms with E-state index >= 15 is 0 Å². The van der Waals surface area contributed by atoms with E-state index in [0.717, 1.165) is 0 Å². The Bertz CT molecular complexity index is 403. The van der Waals surface area contributed by atoms with Gasteiger partial charge in [-0.2, -0.15) is 0 Å². The van der Waals surface area contributed by atoms with Gasteiger partial charge >= 0.3 is 0 Å². The van der Waals surface area contributed by atoms with Crippen LogP contribution < -0.4 is 0 Å². The first-order valence-electron chi connectivity index (χ1n) is 4.72. The topological polar surface area (TPSA) is 35.4 Å². The van der Waals surface area contributed by atoms with Gasteiger partial charge in [0.25, 0.3) is 0 Å². The molecule has 0 heterocycles. The van der Waals surface area contributed by atoms with Gasteiger partial charge in [0.2, 0.25) is 0 Å². The van der Waals surface area contributed by atoms with Crippen molar-refractivity contribution in [1.29, 1.82) is 0 Å². The number of halogens is 2. The van der Waals surface area contributed by atoms with Gasteiger partial charge in [-0.25, -0.2) is 4.39 Å². The average molecular weight is 262 g/mol. The molecule has 16 heavy (non-hydrogen) atoms. The van der Waals surface area contributed by atoms with Gasteiger partial charge in [-0.15, -0.1) is 0 Å². The van der Waals surface area contributed by atoms with E-state index in [9.17, 15) is 8.94 Å². The standard InChI is InChI=1S/C11H13ClFNOS/c1-11(2,3)16(15)14-7-8-4-5-9(12)6-10(8)13/h4-7H,1-3H3/b14-7+. The third kappa shape index (κ3) is 3.77. The van der Waals surface area contributed by atoms with Crippen LogP contribution in [-0.4, -0.2) is 15.5 Å². The second-order valence-corrected chi connectivity index (χ2v) is 6.63.